The summed E-state index contributed by atoms with van der Waals surface area (Å²) in [5.41, 5.74) is 2.95. The van der Waals surface area contributed by atoms with Crippen LogP contribution >= 0.6 is 0 Å². The van der Waals surface area contributed by atoms with Crippen molar-refractivity contribution in [3.8, 4) is 0 Å². The lowest BCUT2D eigenvalue weighted by atomic mass is 10.2. The molecule has 0 aliphatic carbocycles. The lowest BCUT2D eigenvalue weighted by molar-refractivity contribution is -0.116. The highest BCUT2D eigenvalue weighted by molar-refractivity contribution is 6.04. The fourth-order valence-corrected chi connectivity index (χ4v) is 2.76. The van der Waals surface area contributed by atoms with Crippen molar-refractivity contribution >= 4 is 34.5 Å². The number of hydrogen-bond donors (Lipinski definition) is 1. The Bertz CT molecular complexity index is 947. The Morgan fingerprint density at radius 3 is 2.77 bits per heavy atom. The number of fused-ring (bicyclic) bond motifs is 1. The molecule has 0 spiro atoms. The van der Waals surface area contributed by atoms with Crippen LogP contribution in [0.2, 0.25) is 0 Å². The zero-order chi connectivity index (χ0) is 18.7. The molecule has 2 aromatic carbocycles. The van der Waals surface area contributed by atoms with Crippen molar-refractivity contribution in [1.82, 2.24) is 9.55 Å². The quantitative estimate of drug-likeness (QED) is 0.767. The van der Waals surface area contributed by atoms with Crippen molar-refractivity contribution in [3.05, 3.63) is 54.1 Å². The van der Waals surface area contributed by atoms with Gasteiger partial charge in [0.2, 0.25) is 11.9 Å². The molecule has 0 saturated heterocycles. The SMILES string of the molecule is CCCn1c(NC(=O)c2c[c]ccc2)nc2cc(N(C)C(C)=O)ccc21. The third-order valence-corrected chi connectivity index (χ3v) is 4.23. The number of anilines is 2. The van der Waals surface area contributed by atoms with Crippen molar-refractivity contribution in [1.29, 1.82) is 0 Å². The second-order valence-electron chi connectivity index (χ2n) is 6.08. The highest BCUT2D eigenvalue weighted by Crippen LogP contribution is 2.25. The zero-order valence-electron chi connectivity index (χ0n) is 15.1. The molecule has 0 saturated carbocycles. The van der Waals surface area contributed by atoms with Gasteiger partial charge in [-0.1, -0.05) is 19.1 Å². The van der Waals surface area contributed by atoms with Crippen molar-refractivity contribution < 1.29 is 9.59 Å². The average Bonchev–Trinajstić information content (AvgIpc) is 2.98. The molecule has 1 N–H and O–H groups in total. The van der Waals surface area contributed by atoms with Gasteiger partial charge in [-0.15, -0.1) is 0 Å². The molecule has 0 aliphatic rings. The molecule has 3 aromatic rings. The molecule has 0 unspecified atom stereocenters. The van der Waals surface area contributed by atoms with E-state index < -0.39 is 0 Å². The molecular weight excluding hydrogens is 328 g/mol. The molecule has 133 valence electrons. The Hall–Kier alpha value is -3.15. The number of aryl methyl sites for hydroxylation is 1. The van der Waals surface area contributed by atoms with E-state index in [1.165, 1.54) is 6.92 Å². The summed E-state index contributed by atoms with van der Waals surface area (Å²) in [6, 6.07) is 15.5. The highest BCUT2D eigenvalue weighted by Gasteiger charge is 2.15. The van der Waals surface area contributed by atoms with Crippen LogP contribution in [0.4, 0.5) is 11.6 Å². The van der Waals surface area contributed by atoms with Crippen LogP contribution in [0, 0.1) is 6.07 Å². The van der Waals surface area contributed by atoms with Gasteiger partial charge in [-0.3, -0.25) is 14.9 Å². The second kappa shape index (κ2) is 7.39. The summed E-state index contributed by atoms with van der Waals surface area (Å²) in [4.78, 5) is 30.2. The van der Waals surface area contributed by atoms with Gasteiger partial charge in [0, 0.05) is 31.8 Å². The van der Waals surface area contributed by atoms with Crippen LogP contribution in [0.15, 0.2) is 42.5 Å². The molecule has 0 fully saturated rings. The fraction of sp³-hybridized carbons (Fsp3) is 0.250. The van der Waals surface area contributed by atoms with E-state index in [0.717, 1.165) is 29.7 Å². The van der Waals surface area contributed by atoms with Gasteiger partial charge in [0.15, 0.2) is 0 Å². The number of rotatable bonds is 5. The Kier molecular flexibility index (Phi) is 5.02. The van der Waals surface area contributed by atoms with Gasteiger partial charge >= 0.3 is 0 Å². The summed E-state index contributed by atoms with van der Waals surface area (Å²) >= 11 is 0. The normalized spacial score (nSPS) is 10.7. The average molecular weight is 349 g/mol. The number of carbonyl (C=O) groups is 2. The van der Waals surface area contributed by atoms with Gasteiger partial charge in [0.05, 0.1) is 11.0 Å². The molecule has 6 heteroatoms. The van der Waals surface area contributed by atoms with Gasteiger partial charge in [-0.05, 0) is 42.8 Å². The number of nitrogens with one attached hydrogen (secondary N) is 1. The minimum atomic E-state index is -0.226. The number of benzene rings is 2. The number of amides is 2. The predicted octanol–water partition coefficient (Wildman–Crippen LogP) is 3.48. The van der Waals surface area contributed by atoms with Crippen LogP contribution in [0.5, 0.6) is 0 Å². The third kappa shape index (κ3) is 3.44. The van der Waals surface area contributed by atoms with E-state index in [1.54, 1.807) is 36.2 Å². The summed E-state index contributed by atoms with van der Waals surface area (Å²) in [7, 11) is 1.72. The number of aromatic nitrogens is 2. The lowest BCUT2D eigenvalue weighted by Crippen LogP contribution is -2.22. The minimum Gasteiger partial charge on any atom is -0.316 e. The van der Waals surface area contributed by atoms with E-state index >= 15 is 0 Å². The largest absolute Gasteiger partial charge is 0.316 e. The topological polar surface area (TPSA) is 67.2 Å². The maximum Gasteiger partial charge on any atom is 0.257 e. The molecule has 0 bridgehead atoms. The summed E-state index contributed by atoms with van der Waals surface area (Å²) < 4.78 is 1.98. The minimum absolute atomic E-state index is 0.0498. The van der Waals surface area contributed by atoms with Crippen LogP contribution in [0.1, 0.15) is 30.6 Å². The van der Waals surface area contributed by atoms with Gasteiger partial charge in [0.1, 0.15) is 0 Å². The first-order valence-electron chi connectivity index (χ1n) is 8.53. The number of imidazole rings is 1. The van der Waals surface area contributed by atoms with E-state index in [9.17, 15) is 9.59 Å². The van der Waals surface area contributed by atoms with Gasteiger partial charge in [-0.2, -0.15) is 0 Å². The third-order valence-electron chi connectivity index (χ3n) is 4.23. The molecule has 3 rings (SSSR count). The van der Waals surface area contributed by atoms with E-state index in [-0.39, 0.29) is 11.8 Å². The molecular formula is C20H21N4O2. The van der Waals surface area contributed by atoms with Crippen molar-refractivity contribution in [2.24, 2.45) is 0 Å². The molecule has 1 radical (unpaired) electrons. The number of nitrogens with zero attached hydrogens (tertiary/aromatic N) is 3. The second-order valence-corrected chi connectivity index (χ2v) is 6.08. The highest BCUT2D eigenvalue weighted by atomic mass is 16.2. The van der Waals surface area contributed by atoms with E-state index in [0.29, 0.717) is 11.5 Å². The first-order valence-corrected chi connectivity index (χ1v) is 8.53. The molecule has 1 aromatic heterocycles. The van der Waals surface area contributed by atoms with Gasteiger partial charge < -0.3 is 9.47 Å². The molecule has 1 heterocycles. The Balaban J connectivity index is 1.99. The summed E-state index contributed by atoms with van der Waals surface area (Å²) in [6.07, 6.45) is 0.905. The fourth-order valence-electron chi connectivity index (χ4n) is 2.76. The molecule has 0 atom stereocenters. The van der Waals surface area contributed by atoms with Gasteiger partial charge in [-0.25, -0.2) is 4.98 Å². The number of hydrogen-bond acceptors (Lipinski definition) is 3. The standard InChI is InChI=1S/C20H21N4O2/c1-4-12-24-18-11-10-16(23(3)14(2)25)13-17(18)21-20(24)22-19(26)15-8-6-5-7-9-15/h5-6,8-11,13H,4,12H2,1-3H3,(H,21,22,26). The first-order chi connectivity index (χ1) is 12.5. The van der Waals surface area contributed by atoms with Crippen LogP contribution < -0.4 is 10.2 Å². The van der Waals surface area contributed by atoms with E-state index in [4.69, 9.17) is 0 Å². The van der Waals surface area contributed by atoms with Crippen molar-refractivity contribution in [2.45, 2.75) is 26.8 Å². The van der Waals surface area contributed by atoms with Crippen LogP contribution in [0.3, 0.4) is 0 Å². The molecule has 6 nitrogen and oxygen atoms in total. The van der Waals surface area contributed by atoms with E-state index in [1.807, 2.05) is 22.8 Å². The van der Waals surface area contributed by atoms with Crippen LogP contribution in [-0.2, 0) is 11.3 Å². The first kappa shape index (κ1) is 17.7. The van der Waals surface area contributed by atoms with Crippen molar-refractivity contribution in [3.63, 3.8) is 0 Å². The Morgan fingerprint density at radius 2 is 2.12 bits per heavy atom. The summed E-state index contributed by atoms with van der Waals surface area (Å²) in [6.45, 7) is 4.32. The number of carbonyl (C=O) groups excluding carboxylic acids is 2. The summed E-state index contributed by atoms with van der Waals surface area (Å²) in [5.74, 6) is 0.222. The molecule has 26 heavy (non-hydrogen) atoms. The van der Waals surface area contributed by atoms with Crippen molar-refractivity contribution in [2.75, 3.05) is 17.3 Å². The van der Waals surface area contributed by atoms with Crippen LogP contribution in [-0.4, -0.2) is 28.4 Å². The maximum atomic E-state index is 12.5. The Labute approximate surface area is 152 Å². The zero-order valence-corrected chi connectivity index (χ0v) is 15.1. The van der Waals surface area contributed by atoms with Crippen LogP contribution in [0.25, 0.3) is 11.0 Å². The summed E-state index contributed by atoms with van der Waals surface area (Å²) in [5, 5.41) is 2.88. The monoisotopic (exact) mass is 349 g/mol. The van der Waals surface area contributed by atoms with Gasteiger partial charge in [0.25, 0.3) is 5.91 Å². The van der Waals surface area contributed by atoms with E-state index in [2.05, 4.69) is 23.3 Å². The molecule has 0 aliphatic heterocycles. The smallest absolute Gasteiger partial charge is 0.257 e. The molecule has 2 amide bonds. The lowest BCUT2D eigenvalue weighted by Gasteiger charge is -2.14. The maximum absolute atomic E-state index is 12.5. The Morgan fingerprint density at radius 1 is 1.31 bits per heavy atom. The predicted molar refractivity (Wildman–Crippen MR) is 102 cm³/mol.